The van der Waals surface area contributed by atoms with E-state index in [9.17, 15) is 14.4 Å². The molecule has 0 fully saturated rings. The number of hydrogen-bond acceptors (Lipinski definition) is 7. The van der Waals surface area contributed by atoms with Gasteiger partial charge in [0.15, 0.2) is 0 Å². The minimum absolute atomic E-state index is 0.166. The van der Waals surface area contributed by atoms with E-state index in [1.54, 1.807) is 59.8 Å². The molecule has 0 N–H and O–H groups in total. The number of ether oxygens (including phenoxy) is 3. The highest BCUT2D eigenvalue weighted by molar-refractivity contribution is 6.76. The van der Waals surface area contributed by atoms with E-state index in [1.165, 1.54) is 18.4 Å². The van der Waals surface area contributed by atoms with E-state index in [1.807, 2.05) is 0 Å². The molecule has 0 saturated carbocycles. The largest absolute Gasteiger partial charge is 0.501 e. The quantitative estimate of drug-likeness (QED) is 0.185. The zero-order valence-corrected chi connectivity index (χ0v) is 23.2. The van der Waals surface area contributed by atoms with Crippen LogP contribution in [0.5, 0.6) is 0 Å². The lowest BCUT2D eigenvalue weighted by molar-refractivity contribution is 0.0431. The first-order chi connectivity index (χ1) is 16.0. The van der Waals surface area contributed by atoms with Gasteiger partial charge in [-0.05, 0) is 71.9 Å². The van der Waals surface area contributed by atoms with E-state index in [-0.39, 0.29) is 11.3 Å². The Morgan fingerprint density at radius 1 is 0.943 bits per heavy atom. The Morgan fingerprint density at radius 3 is 2.03 bits per heavy atom. The molecule has 8 nitrogen and oxygen atoms in total. The van der Waals surface area contributed by atoms with Crippen molar-refractivity contribution in [2.24, 2.45) is 0 Å². The third kappa shape index (κ3) is 8.90. The van der Waals surface area contributed by atoms with Gasteiger partial charge in [-0.15, -0.1) is 0 Å². The van der Waals surface area contributed by atoms with Gasteiger partial charge in [0.2, 0.25) is 0 Å². The van der Waals surface area contributed by atoms with E-state index in [2.05, 4.69) is 19.6 Å². The Labute approximate surface area is 207 Å². The van der Waals surface area contributed by atoms with Crippen LogP contribution in [0.2, 0.25) is 25.7 Å². The van der Waals surface area contributed by atoms with Crippen LogP contribution in [0.3, 0.4) is 0 Å². The molecule has 0 spiro atoms. The molecule has 2 amide bonds. The minimum atomic E-state index is -1.26. The first-order valence-electron chi connectivity index (χ1n) is 11.6. The van der Waals surface area contributed by atoms with E-state index in [0.717, 1.165) is 10.9 Å². The summed E-state index contributed by atoms with van der Waals surface area (Å²) in [6, 6.07) is 6.95. The lowest BCUT2D eigenvalue weighted by Crippen LogP contribution is -2.44. The van der Waals surface area contributed by atoms with E-state index in [0.29, 0.717) is 17.6 Å². The molecule has 1 aromatic carbocycles. The van der Waals surface area contributed by atoms with Crippen LogP contribution in [0.1, 0.15) is 47.1 Å². The van der Waals surface area contributed by atoms with Gasteiger partial charge >= 0.3 is 17.8 Å². The van der Waals surface area contributed by atoms with Crippen molar-refractivity contribution in [2.75, 3.05) is 11.5 Å². The molecule has 2 rings (SSSR count). The summed E-state index contributed by atoms with van der Waals surface area (Å²) in [6.07, 6.45) is 1.36. The molecule has 0 aliphatic rings. The van der Waals surface area contributed by atoms with Crippen molar-refractivity contribution in [3.05, 3.63) is 46.5 Å². The summed E-state index contributed by atoms with van der Waals surface area (Å²) < 4.78 is 22.1. The van der Waals surface area contributed by atoms with E-state index >= 15 is 0 Å². The predicted octanol–water partition coefficient (Wildman–Crippen LogP) is 6.80. The number of nitrogens with zero attached hydrogens (tertiary/aromatic N) is 1. The highest BCUT2D eigenvalue weighted by atomic mass is 28.3. The van der Waals surface area contributed by atoms with Gasteiger partial charge in [-0.2, -0.15) is 4.90 Å². The lowest BCUT2D eigenvalue weighted by Gasteiger charge is -2.29. The summed E-state index contributed by atoms with van der Waals surface area (Å²) in [7, 11) is -1.26. The van der Waals surface area contributed by atoms with Crippen molar-refractivity contribution < 1.29 is 28.2 Å². The van der Waals surface area contributed by atoms with Crippen molar-refractivity contribution in [2.45, 2.75) is 78.4 Å². The molecule has 0 unspecified atom stereocenters. The molecule has 192 valence electrons. The van der Waals surface area contributed by atoms with Crippen molar-refractivity contribution in [1.82, 2.24) is 0 Å². The van der Waals surface area contributed by atoms with Crippen molar-refractivity contribution >= 4 is 43.0 Å². The van der Waals surface area contributed by atoms with Crippen LogP contribution in [-0.4, -0.2) is 38.1 Å². The second-order valence-corrected chi connectivity index (χ2v) is 17.1. The second kappa shape index (κ2) is 10.7. The predicted molar refractivity (Wildman–Crippen MR) is 141 cm³/mol. The average Bonchev–Trinajstić information content (AvgIpc) is 2.65. The molecule has 9 heteroatoms. The summed E-state index contributed by atoms with van der Waals surface area (Å²) in [4.78, 5) is 39.2. The third-order valence-corrected chi connectivity index (χ3v) is 6.20. The fraction of sp³-hybridized carbons (Fsp3) is 0.500. The van der Waals surface area contributed by atoms with Crippen LogP contribution in [0, 0.1) is 0 Å². The normalized spacial score (nSPS) is 12.6. The number of rotatable bonds is 6. The maximum atomic E-state index is 13.3. The molecule has 35 heavy (non-hydrogen) atoms. The summed E-state index contributed by atoms with van der Waals surface area (Å²) in [5, 5.41) is 0.366. The molecule has 2 aromatic rings. The summed E-state index contributed by atoms with van der Waals surface area (Å²) >= 11 is 0. The number of imide groups is 1. The zero-order valence-electron chi connectivity index (χ0n) is 22.2. The van der Waals surface area contributed by atoms with Crippen molar-refractivity contribution in [3.63, 3.8) is 0 Å². The Hall–Kier alpha value is -3.07. The van der Waals surface area contributed by atoms with E-state index in [4.69, 9.17) is 18.6 Å². The Kier molecular flexibility index (Phi) is 8.59. The smallest absolute Gasteiger partial charge is 0.424 e. The minimum Gasteiger partial charge on any atom is -0.501 e. The van der Waals surface area contributed by atoms with Gasteiger partial charge in [0, 0.05) is 25.1 Å². The lowest BCUT2D eigenvalue weighted by atomic mass is 10.1. The van der Waals surface area contributed by atoms with Crippen LogP contribution < -0.4 is 10.5 Å². The Bertz CT molecular complexity index is 1120. The number of benzene rings is 1. The fourth-order valence-electron chi connectivity index (χ4n) is 2.96. The Morgan fingerprint density at radius 2 is 1.51 bits per heavy atom. The molecular formula is C26H37NO7Si. The zero-order chi connectivity index (χ0) is 26.6. The molecule has 1 heterocycles. The van der Waals surface area contributed by atoms with Gasteiger partial charge in [0.05, 0.1) is 18.6 Å². The maximum Gasteiger partial charge on any atom is 0.424 e. The number of anilines is 1. The molecule has 0 aliphatic carbocycles. The van der Waals surface area contributed by atoms with Crippen molar-refractivity contribution in [3.8, 4) is 0 Å². The first kappa shape index (κ1) is 28.2. The van der Waals surface area contributed by atoms with Gasteiger partial charge in [-0.3, -0.25) is 0 Å². The summed E-state index contributed by atoms with van der Waals surface area (Å²) in [5.74, 6) is 0. The summed E-state index contributed by atoms with van der Waals surface area (Å²) in [6.45, 7) is 17.5. The SMILES string of the molecule is CC(C)(C)OC(=O)N(C(=O)OC(C)(C)C)c1c(/C=C/OCC[Si](C)(C)C)ccc2oc(=O)ccc12. The molecule has 1 aromatic heterocycles. The van der Waals surface area contributed by atoms with Gasteiger partial charge in [-0.25, -0.2) is 14.4 Å². The summed E-state index contributed by atoms with van der Waals surface area (Å²) in [5.41, 5.74) is -1.44. The molecule has 0 radical (unpaired) electrons. The van der Waals surface area contributed by atoms with Gasteiger partial charge < -0.3 is 18.6 Å². The third-order valence-electron chi connectivity index (χ3n) is 4.49. The van der Waals surface area contributed by atoms with Crippen LogP contribution in [-0.2, 0) is 14.2 Å². The average molecular weight is 504 g/mol. The number of carbonyl (C=O) groups excluding carboxylic acids is 2. The van der Waals surface area contributed by atoms with Crippen LogP contribution in [0.15, 0.2) is 39.7 Å². The fourth-order valence-corrected chi connectivity index (χ4v) is 3.69. The first-order valence-corrected chi connectivity index (χ1v) is 15.3. The highest BCUT2D eigenvalue weighted by Crippen LogP contribution is 2.34. The number of fused-ring (bicyclic) bond motifs is 1. The maximum absolute atomic E-state index is 13.3. The number of hydrogen-bond donors (Lipinski definition) is 0. The van der Waals surface area contributed by atoms with Gasteiger partial charge in [-0.1, -0.05) is 19.6 Å². The molecule has 0 bridgehead atoms. The topological polar surface area (TPSA) is 95.3 Å². The highest BCUT2D eigenvalue weighted by Gasteiger charge is 2.35. The molecular weight excluding hydrogens is 466 g/mol. The number of carbonyl (C=O) groups is 2. The van der Waals surface area contributed by atoms with Gasteiger partial charge in [0.25, 0.3) is 0 Å². The monoisotopic (exact) mass is 503 g/mol. The van der Waals surface area contributed by atoms with Crippen LogP contribution in [0.25, 0.3) is 17.0 Å². The van der Waals surface area contributed by atoms with E-state index < -0.39 is 37.1 Å². The van der Waals surface area contributed by atoms with Crippen LogP contribution >= 0.6 is 0 Å². The van der Waals surface area contributed by atoms with Crippen LogP contribution in [0.4, 0.5) is 15.3 Å². The molecule has 0 saturated heterocycles. The van der Waals surface area contributed by atoms with Crippen molar-refractivity contribution in [1.29, 1.82) is 0 Å². The Balaban J connectivity index is 2.64. The molecule has 0 atom stereocenters. The molecule has 0 aliphatic heterocycles. The standard InChI is InChI=1S/C26H37NO7Si/c1-25(2,3)33-23(29)27(24(30)34-26(4,5)6)22-18(14-15-31-16-17-35(7,8)9)10-12-20-19(22)11-13-21(28)32-20/h10-15H,16-17H2,1-9H3/b15-14+. The number of amides is 2. The second-order valence-electron chi connectivity index (χ2n) is 11.4. The van der Waals surface area contributed by atoms with Gasteiger partial charge in [0.1, 0.15) is 16.8 Å².